The molecule has 2 N–H and O–H groups in total. The first kappa shape index (κ1) is 23.0. The van der Waals surface area contributed by atoms with Crippen LogP contribution in [0.4, 0.5) is 0 Å². The summed E-state index contributed by atoms with van der Waals surface area (Å²) < 4.78 is 5.82. The van der Waals surface area contributed by atoms with Crippen LogP contribution in [0.1, 0.15) is 83.3 Å². The van der Waals surface area contributed by atoms with Crippen LogP contribution in [0.15, 0.2) is 18.2 Å². The first-order valence-corrected chi connectivity index (χ1v) is 9.92. The van der Waals surface area contributed by atoms with Gasteiger partial charge in [-0.1, -0.05) is 59.9 Å². The molecule has 0 fully saturated rings. The molecule has 0 heterocycles. The van der Waals surface area contributed by atoms with Gasteiger partial charge in [-0.25, -0.2) is 0 Å². The number of ether oxygens (including phenoxy) is 1. The van der Waals surface area contributed by atoms with Crippen LogP contribution in [-0.4, -0.2) is 28.8 Å². The highest BCUT2D eigenvalue weighted by Crippen LogP contribution is 2.37. The number of hydrogen-bond acceptors (Lipinski definition) is 3. The maximum Gasteiger partial charge on any atom is 0.311 e. The van der Waals surface area contributed by atoms with Crippen molar-refractivity contribution in [3.05, 3.63) is 29.3 Å². The summed E-state index contributed by atoms with van der Waals surface area (Å²) in [5.74, 6) is -3.12. The van der Waals surface area contributed by atoms with Gasteiger partial charge in [0.25, 0.3) is 0 Å². The van der Waals surface area contributed by atoms with E-state index in [1.54, 1.807) is 18.2 Å². The minimum Gasteiger partial charge on any atom is -0.494 e. The average molecular weight is 379 g/mol. The molecule has 0 aromatic heterocycles. The zero-order valence-corrected chi connectivity index (χ0v) is 17.2. The van der Waals surface area contributed by atoms with Gasteiger partial charge < -0.3 is 14.9 Å². The smallest absolute Gasteiger partial charge is 0.311 e. The molecule has 0 aliphatic heterocycles. The molecule has 1 aromatic carbocycles. The van der Waals surface area contributed by atoms with E-state index in [0.717, 1.165) is 25.7 Å². The van der Waals surface area contributed by atoms with Crippen LogP contribution < -0.4 is 4.74 Å². The monoisotopic (exact) mass is 378 g/mol. The minimum absolute atomic E-state index is 0.149. The molecule has 0 aliphatic carbocycles. The number of benzene rings is 1. The van der Waals surface area contributed by atoms with E-state index < -0.39 is 23.8 Å². The molecule has 2 atom stereocenters. The average Bonchev–Trinajstić information content (AvgIpc) is 2.55. The summed E-state index contributed by atoms with van der Waals surface area (Å²) in [6.45, 7) is 10.1. The van der Waals surface area contributed by atoms with Crippen molar-refractivity contribution in [1.82, 2.24) is 0 Å². The van der Waals surface area contributed by atoms with E-state index in [-0.39, 0.29) is 11.8 Å². The first-order chi connectivity index (χ1) is 12.7. The van der Waals surface area contributed by atoms with Crippen molar-refractivity contribution >= 4 is 11.9 Å². The topological polar surface area (TPSA) is 83.8 Å². The van der Waals surface area contributed by atoms with Crippen LogP contribution in [0.5, 0.6) is 5.75 Å². The van der Waals surface area contributed by atoms with Gasteiger partial charge in [0.15, 0.2) is 0 Å². The summed E-state index contributed by atoms with van der Waals surface area (Å²) in [7, 11) is 0. The highest BCUT2D eigenvalue weighted by molar-refractivity contribution is 5.81. The van der Waals surface area contributed by atoms with E-state index in [0.29, 0.717) is 23.5 Å². The summed E-state index contributed by atoms with van der Waals surface area (Å²) in [5.41, 5.74) is 1.11. The molecule has 2 unspecified atom stereocenters. The van der Waals surface area contributed by atoms with Crippen molar-refractivity contribution in [3.63, 3.8) is 0 Å². The van der Waals surface area contributed by atoms with Crippen LogP contribution in [0.2, 0.25) is 0 Å². The molecule has 0 saturated heterocycles. The summed E-state index contributed by atoms with van der Waals surface area (Å²) in [6.07, 6.45) is 4.36. The van der Waals surface area contributed by atoms with Crippen molar-refractivity contribution in [2.45, 2.75) is 72.1 Å². The summed E-state index contributed by atoms with van der Waals surface area (Å²) in [5, 5.41) is 19.5. The van der Waals surface area contributed by atoms with E-state index in [9.17, 15) is 19.8 Å². The Morgan fingerprint density at radius 1 is 0.889 bits per heavy atom. The molecule has 1 rings (SSSR count). The third kappa shape index (κ3) is 6.56. The number of carboxylic acid groups (broad SMARTS) is 2. The molecular formula is C22H34O5. The highest BCUT2D eigenvalue weighted by Gasteiger charge is 2.33. The largest absolute Gasteiger partial charge is 0.494 e. The molecule has 5 heteroatoms. The fraction of sp³-hybridized carbons (Fsp3) is 0.636. The third-order valence-electron chi connectivity index (χ3n) is 4.86. The van der Waals surface area contributed by atoms with Gasteiger partial charge in [0, 0.05) is 0 Å². The molecular weight excluding hydrogens is 344 g/mol. The van der Waals surface area contributed by atoms with E-state index >= 15 is 0 Å². The lowest BCUT2D eigenvalue weighted by atomic mass is 9.78. The Balaban J connectivity index is 3.26. The number of aliphatic carboxylic acids is 2. The Hall–Kier alpha value is -2.04. The standard InChI is InChI=1S/C22H34O5/c1-6-7-8-9-12-27-16-10-11-17(19(14(2)3)21(23)24)18(13-16)20(15(4)5)22(25)26/h10-11,13-15,19-20H,6-9,12H2,1-5H3,(H,23,24)(H,25,26). The first-order valence-electron chi connectivity index (χ1n) is 9.92. The summed E-state index contributed by atoms with van der Waals surface area (Å²) in [4.78, 5) is 23.7. The zero-order valence-electron chi connectivity index (χ0n) is 17.2. The maximum atomic E-state index is 11.9. The van der Waals surface area contributed by atoms with Crippen molar-refractivity contribution in [2.75, 3.05) is 6.61 Å². The minimum atomic E-state index is -0.945. The van der Waals surface area contributed by atoms with Crippen molar-refractivity contribution < 1.29 is 24.5 Å². The molecule has 152 valence electrons. The van der Waals surface area contributed by atoms with Crippen molar-refractivity contribution in [2.24, 2.45) is 11.8 Å². The Kier molecular flexibility index (Phi) is 9.33. The molecule has 5 nitrogen and oxygen atoms in total. The Morgan fingerprint density at radius 3 is 1.93 bits per heavy atom. The van der Waals surface area contributed by atoms with E-state index in [2.05, 4.69) is 6.92 Å². The second-order valence-corrected chi connectivity index (χ2v) is 7.82. The van der Waals surface area contributed by atoms with Crippen molar-refractivity contribution in [3.8, 4) is 5.75 Å². The maximum absolute atomic E-state index is 11.9. The fourth-order valence-corrected chi connectivity index (χ4v) is 3.47. The van der Waals surface area contributed by atoms with Gasteiger partial charge in [-0.15, -0.1) is 0 Å². The lowest BCUT2D eigenvalue weighted by Crippen LogP contribution is -2.24. The van der Waals surface area contributed by atoms with E-state index in [1.165, 1.54) is 0 Å². The third-order valence-corrected chi connectivity index (χ3v) is 4.86. The molecule has 1 aromatic rings. The van der Waals surface area contributed by atoms with Crippen molar-refractivity contribution in [1.29, 1.82) is 0 Å². The summed E-state index contributed by atoms with van der Waals surface area (Å²) in [6, 6.07) is 5.22. The quantitative estimate of drug-likeness (QED) is 0.483. The second-order valence-electron chi connectivity index (χ2n) is 7.82. The molecule has 0 saturated carbocycles. The molecule has 0 radical (unpaired) electrons. The van der Waals surface area contributed by atoms with Crippen LogP contribution >= 0.6 is 0 Å². The molecule has 0 amide bonds. The van der Waals surface area contributed by atoms with E-state index in [4.69, 9.17) is 4.74 Å². The lowest BCUT2D eigenvalue weighted by molar-refractivity contribution is -0.141. The summed E-state index contributed by atoms with van der Waals surface area (Å²) >= 11 is 0. The van der Waals surface area contributed by atoms with Gasteiger partial charge >= 0.3 is 11.9 Å². The molecule has 0 aliphatic rings. The van der Waals surface area contributed by atoms with Crippen LogP contribution in [0.25, 0.3) is 0 Å². The normalized spacial score (nSPS) is 13.6. The Morgan fingerprint density at radius 2 is 1.44 bits per heavy atom. The Bertz CT molecular complexity index is 621. The molecule has 0 bridgehead atoms. The SMILES string of the molecule is CCCCCCOc1ccc(C(C(=O)O)C(C)C)c(C(C(=O)O)C(C)C)c1. The number of unbranched alkanes of at least 4 members (excludes halogenated alkanes) is 3. The number of hydrogen-bond donors (Lipinski definition) is 2. The fourth-order valence-electron chi connectivity index (χ4n) is 3.47. The number of rotatable bonds is 12. The van der Waals surface area contributed by atoms with Gasteiger partial charge in [-0.3, -0.25) is 9.59 Å². The van der Waals surface area contributed by atoms with Crippen LogP contribution in [-0.2, 0) is 9.59 Å². The van der Waals surface area contributed by atoms with Crippen LogP contribution in [0.3, 0.4) is 0 Å². The molecule has 27 heavy (non-hydrogen) atoms. The van der Waals surface area contributed by atoms with Gasteiger partial charge in [-0.05, 0) is 41.5 Å². The second kappa shape index (κ2) is 11.0. The van der Waals surface area contributed by atoms with Gasteiger partial charge in [0.2, 0.25) is 0 Å². The van der Waals surface area contributed by atoms with Gasteiger partial charge in [0.1, 0.15) is 5.75 Å². The van der Waals surface area contributed by atoms with Crippen LogP contribution in [0, 0.1) is 11.8 Å². The highest BCUT2D eigenvalue weighted by atomic mass is 16.5. The predicted octanol–water partition coefficient (Wildman–Crippen LogP) is 5.29. The molecule has 0 spiro atoms. The number of carboxylic acids is 2. The van der Waals surface area contributed by atoms with Gasteiger partial charge in [0.05, 0.1) is 18.4 Å². The van der Waals surface area contributed by atoms with E-state index in [1.807, 2.05) is 27.7 Å². The number of carbonyl (C=O) groups is 2. The zero-order chi connectivity index (χ0) is 20.6. The predicted molar refractivity (Wildman–Crippen MR) is 107 cm³/mol. The Labute approximate surface area is 162 Å². The lowest BCUT2D eigenvalue weighted by Gasteiger charge is -2.26. The van der Waals surface area contributed by atoms with Gasteiger partial charge in [-0.2, -0.15) is 0 Å².